The number of aromatic nitrogens is 2. The molecule has 0 atom stereocenters. The van der Waals surface area contributed by atoms with Crippen LogP contribution in [-0.4, -0.2) is 9.13 Å². The van der Waals surface area contributed by atoms with Crippen LogP contribution in [0, 0.1) is 0 Å². The van der Waals surface area contributed by atoms with Gasteiger partial charge in [-0.05, 0) is 104 Å². The number of rotatable bonds is 4. The first-order valence-corrected chi connectivity index (χ1v) is 20.1. The van der Waals surface area contributed by atoms with E-state index in [0.717, 1.165) is 0 Å². The van der Waals surface area contributed by atoms with E-state index in [1.165, 1.54) is 121 Å². The van der Waals surface area contributed by atoms with Gasteiger partial charge in [0.25, 0.3) is 0 Å². The second-order valence-corrected chi connectivity index (χ2v) is 15.6. The van der Waals surface area contributed by atoms with E-state index >= 15 is 0 Å². The smallest absolute Gasteiger partial charge is 0.0619 e. The number of benzene rings is 10. The van der Waals surface area contributed by atoms with E-state index in [1.807, 2.05) is 0 Å². The molecule has 0 saturated heterocycles. The fraction of sp³-hybridized carbons (Fsp3) is 0. The van der Waals surface area contributed by atoms with Crippen molar-refractivity contribution in [3.63, 3.8) is 0 Å². The third-order valence-electron chi connectivity index (χ3n) is 12.7. The zero-order valence-electron chi connectivity index (χ0n) is 31.5. The average molecular weight is 735 g/mol. The van der Waals surface area contributed by atoms with Crippen LogP contribution in [-0.2, 0) is 0 Å². The fourth-order valence-corrected chi connectivity index (χ4v) is 10.2. The minimum atomic E-state index is 1.17. The molecule has 0 aliphatic heterocycles. The zero-order valence-corrected chi connectivity index (χ0v) is 31.5. The molecule has 0 amide bonds. The third-order valence-corrected chi connectivity index (χ3v) is 12.7. The summed E-state index contributed by atoms with van der Waals surface area (Å²) in [6, 6.07) is 76.2. The van der Waals surface area contributed by atoms with Gasteiger partial charge in [-0.1, -0.05) is 158 Å². The highest BCUT2D eigenvalue weighted by atomic mass is 15.0. The molecule has 0 spiro atoms. The molecule has 58 heavy (non-hydrogen) atoms. The van der Waals surface area contributed by atoms with E-state index in [-0.39, 0.29) is 0 Å². The first-order chi connectivity index (χ1) is 28.8. The first-order valence-electron chi connectivity index (χ1n) is 20.1. The van der Waals surface area contributed by atoms with E-state index in [1.54, 1.807) is 0 Å². The summed E-state index contributed by atoms with van der Waals surface area (Å²) in [5, 5.41) is 10.2. The predicted octanol–water partition coefficient (Wildman–Crippen LogP) is 15.2. The normalized spacial score (nSPS) is 12.1. The molecule has 0 N–H and O–H groups in total. The molecule has 2 nitrogen and oxygen atoms in total. The van der Waals surface area contributed by atoms with Crippen molar-refractivity contribution in [2.45, 2.75) is 0 Å². The molecule has 0 saturated carbocycles. The van der Waals surface area contributed by atoms with Gasteiger partial charge in [0.15, 0.2) is 0 Å². The molecule has 10 aromatic carbocycles. The van der Waals surface area contributed by atoms with Crippen molar-refractivity contribution in [1.29, 1.82) is 0 Å². The largest absolute Gasteiger partial charge is 0.309 e. The van der Waals surface area contributed by atoms with Gasteiger partial charge in [-0.15, -0.1) is 0 Å². The minimum absolute atomic E-state index is 1.17. The number of hydrogen-bond donors (Lipinski definition) is 0. The maximum atomic E-state index is 2.48. The Labute approximate surface area is 335 Å². The monoisotopic (exact) mass is 734 g/mol. The second-order valence-electron chi connectivity index (χ2n) is 15.6. The van der Waals surface area contributed by atoms with Crippen molar-refractivity contribution in [3.8, 4) is 55.9 Å². The number of fused-ring (bicyclic) bond motifs is 11. The molecule has 13 rings (SSSR count). The Morgan fingerprint density at radius 3 is 1.66 bits per heavy atom. The molecule has 12 aromatic rings. The molecule has 1 aliphatic carbocycles. The maximum Gasteiger partial charge on any atom is 0.0619 e. The highest BCUT2D eigenvalue weighted by Crippen LogP contribution is 2.50. The van der Waals surface area contributed by atoms with Gasteiger partial charge in [-0.25, -0.2) is 0 Å². The zero-order chi connectivity index (χ0) is 37.9. The molecule has 2 heterocycles. The van der Waals surface area contributed by atoms with Gasteiger partial charge >= 0.3 is 0 Å². The van der Waals surface area contributed by atoms with E-state index in [4.69, 9.17) is 0 Å². The van der Waals surface area contributed by atoms with Crippen molar-refractivity contribution in [2.75, 3.05) is 0 Å². The van der Waals surface area contributed by atoms with Gasteiger partial charge in [0, 0.05) is 38.2 Å². The Kier molecular flexibility index (Phi) is 6.47. The van der Waals surface area contributed by atoms with Crippen LogP contribution in [0.3, 0.4) is 0 Å². The molecule has 2 heteroatoms. The standard InChI is InChI=1S/C56H34N2/c1-2-14-38(15-3-1)57-53-31-26-37(34-50(53)48-28-25-35-13-4-5-16-39(35)56(48)57)36-27-32-54-49(33-36)44-20-9-11-24-52(44)58(54)51-23-10-8-19-43(51)42-29-30-47-41-18-7-6-17-40(41)45-21-12-22-46(42)55(45)47/h1-34H. The van der Waals surface area contributed by atoms with Crippen LogP contribution in [0.5, 0.6) is 0 Å². The molecule has 0 fully saturated rings. The Balaban J connectivity index is 1.01. The molecule has 0 unspecified atom stereocenters. The topological polar surface area (TPSA) is 9.86 Å². The van der Waals surface area contributed by atoms with Crippen LogP contribution in [0.4, 0.5) is 0 Å². The Hall–Kier alpha value is -7.68. The third kappa shape index (κ3) is 4.32. The van der Waals surface area contributed by atoms with Gasteiger partial charge < -0.3 is 9.13 Å². The summed E-state index contributed by atoms with van der Waals surface area (Å²) in [4.78, 5) is 0. The summed E-state index contributed by atoms with van der Waals surface area (Å²) in [5.41, 5.74) is 17.4. The highest BCUT2D eigenvalue weighted by molar-refractivity contribution is 6.21. The summed E-state index contributed by atoms with van der Waals surface area (Å²) in [5.74, 6) is 0. The lowest BCUT2D eigenvalue weighted by Crippen LogP contribution is -1.97. The quantitative estimate of drug-likeness (QED) is 0.170. The second kappa shape index (κ2) is 11.9. The number of para-hydroxylation sites is 3. The van der Waals surface area contributed by atoms with Gasteiger partial charge in [-0.2, -0.15) is 0 Å². The lowest BCUT2D eigenvalue weighted by atomic mass is 9.93. The van der Waals surface area contributed by atoms with E-state index in [2.05, 4.69) is 215 Å². The summed E-state index contributed by atoms with van der Waals surface area (Å²) < 4.78 is 4.91. The Morgan fingerprint density at radius 1 is 0.276 bits per heavy atom. The lowest BCUT2D eigenvalue weighted by Gasteiger charge is -2.16. The number of hydrogen-bond acceptors (Lipinski definition) is 0. The van der Waals surface area contributed by atoms with Crippen molar-refractivity contribution in [1.82, 2.24) is 9.13 Å². The minimum Gasteiger partial charge on any atom is -0.309 e. The fourth-order valence-electron chi connectivity index (χ4n) is 10.2. The lowest BCUT2D eigenvalue weighted by molar-refractivity contribution is 1.18. The number of nitrogens with zero attached hydrogens (tertiary/aromatic N) is 2. The summed E-state index contributed by atoms with van der Waals surface area (Å²) in [6.45, 7) is 0. The van der Waals surface area contributed by atoms with Gasteiger partial charge in [0.1, 0.15) is 0 Å². The highest BCUT2D eigenvalue weighted by Gasteiger charge is 2.24. The van der Waals surface area contributed by atoms with Crippen LogP contribution in [0.1, 0.15) is 0 Å². The predicted molar refractivity (Wildman–Crippen MR) is 245 cm³/mol. The van der Waals surface area contributed by atoms with E-state index in [9.17, 15) is 0 Å². The molecular formula is C56H34N2. The van der Waals surface area contributed by atoms with Crippen molar-refractivity contribution in [2.24, 2.45) is 0 Å². The first kappa shape index (κ1) is 31.5. The molecule has 2 aromatic heterocycles. The molecule has 268 valence electrons. The van der Waals surface area contributed by atoms with Crippen molar-refractivity contribution in [3.05, 3.63) is 206 Å². The summed E-state index contributed by atoms with van der Waals surface area (Å²) in [7, 11) is 0. The summed E-state index contributed by atoms with van der Waals surface area (Å²) in [6.07, 6.45) is 0. The van der Waals surface area contributed by atoms with Crippen molar-refractivity contribution < 1.29 is 0 Å². The van der Waals surface area contributed by atoms with E-state index < -0.39 is 0 Å². The molecule has 0 bridgehead atoms. The van der Waals surface area contributed by atoms with Gasteiger partial charge in [0.2, 0.25) is 0 Å². The molecule has 1 aliphatic rings. The van der Waals surface area contributed by atoms with E-state index in [0.29, 0.717) is 0 Å². The van der Waals surface area contributed by atoms with Crippen molar-refractivity contribution >= 4 is 65.2 Å². The molecular weight excluding hydrogens is 701 g/mol. The Morgan fingerprint density at radius 2 is 0.845 bits per heavy atom. The maximum absolute atomic E-state index is 2.48. The SMILES string of the molecule is c1ccc(-n2c3ccc(-c4ccc5c(c4)c4ccccc4n5-c4ccccc4-c4ccc5c6c(cccc46)-c4ccccc4-5)cc3c3ccc4ccccc4c32)cc1. The average Bonchev–Trinajstić information content (AvgIpc) is 3.93. The van der Waals surface area contributed by atoms with Crippen LogP contribution in [0.2, 0.25) is 0 Å². The van der Waals surface area contributed by atoms with Crippen LogP contribution < -0.4 is 0 Å². The molecule has 0 radical (unpaired) electrons. The summed E-state index contributed by atoms with van der Waals surface area (Å²) >= 11 is 0. The van der Waals surface area contributed by atoms with Gasteiger partial charge in [0.05, 0.1) is 27.8 Å². The van der Waals surface area contributed by atoms with Crippen LogP contribution in [0.15, 0.2) is 206 Å². The van der Waals surface area contributed by atoms with Crippen LogP contribution in [0.25, 0.3) is 121 Å². The van der Waals surface area contributed by atoms with Gasteiger partial charge in [-0.3, -0.25) is 0 Å². The Bertz CT molecular complexity index is 3650. The van der Waals surface area contributed by atoms with Crippen LogP contribution >= 0.6 is 0 Å².